The molecule has 2 N–H and O–H groups in total. The van der Waals surface area contributed by atoms with E-state index in [1.165, 1.54) is 6.33 Å². The molecule has 30 heavy (non-hydrogen) atoms. The summed E-state index contributed by atoms with van der Waals surface area (Å²) in [6.45, 7) is 2.25. The second-order valence-electron chi connectivity index (χ2n) is 6.04. The highest BCUT2D eigenvalue weighted by Crippen LogP contribution is 2.31. The van der Waals surface area contributed by atoms with Crippen molar-refractivity contribution in [3.05, 3.63) is 81.1 Å². The molecule has 3 aromatic rings. The molecule has 0 aliphatic carbocycles. The number of carbonyl (C=O) groups is 1. The Bertz CT molecular complexity index is 1060. The first-order chi connectivity index (χ1) is 14.5. The van der Waals surface area contributed by atoms with Crippen molar-refractivity contribution < 1.29 is 14.5 Å². The zero-order valence-electron chi connectivity index (χ0n) is 16.0. The fourth-order valence-electron chi connectivity index (χ4n) is 2.63. The third kappa shape index (κ3) is 5.00. The van der Waals surface area contributed by atoms with Crippen molar-refractivity contribution in [2.24, 2.45) is 0 Å². The van der Waals surface area contributed by atoms with Gasteiger partial charge in [-0.25, -0.2) is 14.8 Å². The van der Waals surface area contributed by atoms with Gasteiger partial charge in [0.05, 0.1) is 17.1 Å². The van der Waals surface area contributed by atoms with E-state index in [2.05, 4.69) is 20.6 Å². The Balaban J connectivity index is 1.81. The van der Waals surface area contributed by atoms with Crippen LogP contribution >= 0.6 is 11.6 Å². The van der Waals surface area contributed by atoms with Crippen LogP contribution in [-0.4, -0.2) is 27.5 Å². The zero-order chi connectivity index (χ0) is 21.5. The number of rotatable bonds is 8. The standard InChI is InChI=1S/C20H18ClN5O4/c1-2-30-20(27)13-7-9-15(10-8-13)25-19-17(26(28)29)18(23-12-24-19)22-11-14-5-3-4-6-16(14)21/h3-10,12H,2,11H2,1H3,(H2,22,23,24,25). The van der Waals surface area contributed by atoms with Gasteiger partial charge in [-0.3, -0.25) is 10.1 Å². The number of hydrogen-bond acceptors (Lipinski definition) is 8. The molecule has 0 saturated heterocycles. The van der Waals surface area contributed by atoms with E-state index in [0.29, 0.717) is 16.3 Å². The van der Waals surface area contributed by atoms with Crippen molar-refractivity contribution in [2.75, 3.05) is 17.2 Å². The van der Waals surface area contributed by atoms with Crippen molar-refractivity contribution in [1.82, 2.24) is 9.97 Å². The summed E-state index contributed by atoms with van der Waals surface area (Å²) in [5, 5.41) is 18.1. The van der Waals surface area contributed by atoms with Gasteiger partial charge in [0, 0.05) is 17.3 Å². The number of nitro groups is 1. The molecule has 0 atom stereocenters. The Labute approximate surface area is 177 Å². The molecule has 0 spiro atoms. The maximum atomic E-state index is 11.7. The molecule has 10 heteroatoms. The van der Waals surface area contributed by atoms with Crippen molar-refractivity contribution in [3.8, 4) is 0 Å². The number of aromatic nitrogens is 2. The first-order valence-corrected chi connectivity index (χ1v) is 9.38. The Kier molecular flexibility index (Phi) is 6.76. The fourth-order valence-corrected chi connectivity index (χ4v) is 2.84. The summed E-state index contributed by atoms with van der Waals surface area (Å²) in [6, 6.07) is 13.5. The van der Waals surface area contributed by atoms with E-state index in [4.69, 9.17) is 16.3 Å². The number of esters is 1. The van der Waals surface area contributed by atoms with Gasteiger partial charge in [0.1, 0.15) is 6.33 Å². The van der Waals surface area contributed by atoms with Gasteiger partial charge in [0.25, 0.3) is 0 Å². The van der Waals surface area contributed by atoms with Crippen LogP contribution < -0.4 is 10.6 Å². The highest BCUT2D eigenvalue weighted by molar-refractivity contribution is 6.31. The predicted octanol–water partition coefficient (Wildman–Crippen LogP) is 4.57. The van der Waals surface area contributed by atoms with E-state index in [9.17, 15) is 14.9 Å². The van der Waals surface area contributed by atoms with Crippen molar-refractivity contribution in [2.45, 2.75) is 13.5 Å². The molecular weight excluding hydrogens is 410 g/mol. The Hall–Kier alpha value is -3.72. The van der Waals surface area contributed by atoms with Crippen LogP contribution in [0.2, 0.25) is 5.02 Å². The van der Waals surface area contributed by atoms with E-state index < -0.39 is 10.9 Å². The fraction of sp³-hybridized carbons (Fsp3) is 0.150. The van der Waals surface area contributed by atoms with Crippen LogP contribution in [0.4, 0.5) is 23.0 Å². The number of nitrogens with one attached hydrogen (secondary N) is 2. The molecule has 1 heterocycles. The highest BCUT2D eigenvalue weighted by atomic mass is 35.5. The normalized spacial score (nSPS) is 10.3. The van der Waals surface area contributed by atoms with Crippen LogP contribution in [-0.2, 0) is 11.3 Å². The van der Waals surface area contributed by atoms with Gasteiger partial charge < -0.3 is 15.4 Å². The van der Waals surface area contributed by atoms with E-state index in [-0.39, 0.29) is 30.5 Å². The van der Waals surface area contributed by atoms with Crippen LogP contribution in [0.3, 0.4) is 0 Å². The van der Waals surface area contributed by atoms with Gasteiger partial charge in [-0.15, -0.1) is 0 Å². The molecule has 0 saturated carbocycles. The molecule has 0 radical (unpaired) electrons. The molecule has 3 rings (SSSR count). The summed E-state index contributed by atoms with van der Waals surface area (Å²) in [4.78, 5) is 30.9. The SMILES string of the molecule is CCOC(=O)c1ccc(Nc2ncnc(NCc3ccccc3Cl)c2[N+](=O)[O-])cc1. The lowest BCUT2D eigenvalue weighted by atomic mass is 10.2. The lowest BCUT2D eigenvalue weighted by molar-refractivity contribution is -0.383. The molecule has 0 fully saturated rings. The molecule has 0 unspecified atom stereocenters. The lowest BCUT2D eigenvalue weighted by Gasteiger charge is -2.11. The van der Waals surface area contributed by atoms with Gasteiger partial charge >= 0.3 is 11.7 Å². The molecule has 2 aromatic carbocycles. The smallest absolute Gasteiger partial charge is 0.353 e. The minimum Gasteiger partial charge on any atom is -0.462 e. The summed E-state index contributed by atoms with van der Waals surface area (Å²) >= 11 is 6.13. The molecular formula is C20H18ClN5O4. The molecule has 154 valence electrons. The minimum absolute atomic E-state index is 0.0144. The summed E-state index contributed by atoms with van der Waals surface area (Å²) in [5.41, 5.74) is 1.36. The van der Waals surface area contributed by atoms with Gasteiger partial charge in [-0.1, -0.05) is 29.8 Å². The van der Waals surface area contributed by atoms with Crippen LogP contribution in [0.5, 0.6) is 0 Å². The van der Waals surface area contributed by atoms with Gasteiger partial charge in [0.2, 0.25) is 11.6 Å². The summed E-state index contributed by atoms with van der Waals surface area (Å²) in [6.07, 6.45) is 1.22. The first-order valence-electron chi connectivity index (χ1n) is 9.00. The second-order valence-corrected chi connectivity index (χ2v) is 6.45. The first kappa shape index (κ1) is 21.0. The van der Waals surface area contributed by atoms with E-state index in [1.54, 1.807) is 43.3 Å². The topological polar surface area (TPSA) is 119 Å². The van der Waals surface area contributed by atoms with Crippen LogP contribution in [0.1, 0.15) is 22.8 Å². The maximum Gasteiger partial charge on any atom is 0.353 e. The molecule has 0 aliphatic heterocycles. The Morgan fingerprint density at radius 1 is 1.13 bits per heavy atom. The van der Waals surface area contributed by atoms with E-state index in [0.717, 1.165) is 5.56 Å². The zero-order valence-corrected chi connectivity index (χ0v) is 16.7. The van der Waals surface area contributed by atoms with Gasteiger partial charge in [-0.05, 0) is 42.8 Å². The summed E-state index contributed by atoms with van der Waals surface area (Å²) in [5.74, 6) is -0.371. The number of carbonyl (C=O) groups excluding carboxylic acids is 1. The lowest BCUT2D eigenvalue weighted by Crippen LogP contribution is -2.08. The molecule has 1 aromatic heterocycles. The number of anilines is 3. The highest BCUT2D eigenvalue weighted by Gasteiger charge is 2.23. The largest absolute Gasteiger partial charge is 0.462 e. The number of nitrogens with zero attached hydrogens (tertiary/aromatic N) is 3. The van der Waals surface area contributed by atoms with Gasteiger partial charge in [0.15, 0.2) is 0 Å². The summed E-state index contributed by atoms with van der Waals surface area (Å²) < 4.78 is 4.94. The Morgan fingerprint density at radius 2 is 1.83 bits per heavy atom. The second kappa shape index (κ2) is 9.66. The molecule has 9 nitrogen and oxygen atoms in total. The predicted molar refractivity (Wildman–Crippen MR) is 113 cm³/mol. The average Bonchev–Trinajstić information content (AvgIpc) is 2.73. The third-order valence-electron chi connectivity index (χ3n) is 4.07. The minimum atomic E-state index is -0.565. The molecule has 0 amide bonds. The quantitative estimate of drug-likeness (QED) is 0.305. The number of ether oxygens (including phenoxy) is 1. The van der Waals surface area contributed by atoms with Crippen molar-refractivity contribution >= 4 is 40.6 Å². The number of halogens is 1. The van der Waals surface area contributed by atoms with E-state index in [1.807, 2.05) is 12.1 Å². The number of benzene rings is 2. The average molecular weight is 428 g/mol. The Morgan fingerprint density at radius 3 is 2.50 bits per heavy atom. The molecule has 0 bridgehead atoms. The van der Waals surface area contributed by atoms with Crippen LogP contribution in [0.15, 0.2) is 54.9 Å². The maximum absolute atomic E-state index is 11.7. The van der Waals surface area contributed by atoms with Crippen molar-refractivity contribution in [1.29, 1.82) is 0 Å². The number of hydrogen-bond donors (Lipinski definition) is 2. The van der Waals surface area contributed by atoms with Gasteiger partial charge in [-0.2, -0.15) is 0 Å². The van der Waals surface area contributed by atoms with Crippen LogP contribution in [0.25, 0.3) is 0 Å². The van der Waals surface area contributed by atoms with Crippen molar-refractivity contribution in [3.63, 3.8) is 0 Å². The molecule has 0 aliphatic rings. The monoisotopic (exact) mass is 427 g/mol. The van der Waals surface area contributed by atoms with E-state index >= 15 is 0 Å². The third-order valence-corrected chi connectivity index (χ3v) is 4.44. The van der Waals surface area contributed by atoms with Crippen LogP contribution in [0, 0.1) is 10.1 Å². The summed E-state index contributed by atoms with van der Waals surface area (Å²) in [7, 11) is 0.